The first-order chi connectivity index (χ1) is 9.10. The quantitative estimate of drug-likeness (QED) is 0.873. The zero-order valence-electron chi connectivity index (χ0n) is 10.4. The molecule has 2 aromatic rings. The van der Waals surface area contributed by atoms with Gasteiger partial charge in [0.15, 0.2) is 0 Å². The van der Waals surface area contributed by atoms with Gasteiger partial charge in [-0.25, -0.2) is 4.39 Å². The molecule has 4 heteroatoms. The Labute approximate surface area is 120 Å². The number of benzene rings is 2. The molecule has 2 nitrogen and oxygen atoms in total. The Morgan fingerprint density at radius 1 is 1.16 bits per heavy atom. The topological polar surface area (TPSA) is 29.5 Å². The van der Waals surface area contributed by atoms with Crippen molar-refractivity contribution in [3.05, 3.63) is 58.3 Å². The molecule has 2 aromatic carbocycles. The molecular weight excluding hydrogens is 311 g/mol. The number of aliphatic hydroxyl groups excluding tert-OH is 1. The fraction of sp³-hybridized carbons (Fsp3) is 0.200. The third-order valence-corrected chi connectivity index (χ3v) is 3.42. The molecule has 0 saturated carbocycles. The summed E-state index contributed by atoms with van der Waals surface area (Å²) >= 11 is 3.09. The first-order valence-corrected chi connectivity index (χ1v) is 6.80. The summed E-state index contributed by atoms with van der Waals surface area (Å²) in [6.07, 6.45) is 0.206. The van der Waals surface area contributed by atoms with Crippen molar-refractivity contribution in [3.8, 4) is 11.5 Å². The summed E-state index contributed by atoms with van der Waals surface area (Å²) in [6, 6.07) is 11.7. The van der Waals surface area contributed by atoms with E-state index in [9.17, 15) is 9.50 Å². The number of ether oxygens (including phenoxy) is 1. The Kier molecular flexibility index (Phi) is 4.56. The van der Waals surface area contributed by atoms with Gasteiger partial charge >= 0.3 is 0 Å². The number of rotatable bonds is 4. The predicted octanol–water partition coefficient (Wildman–Crippen LogP) is 4.82. The molecule has 0 bridgehead atoms. The lowest BCUT2D eigenvalue weighted by molar-refractivity contribution is 0.173. The van der Waals surface area contributed by atoms with E-state index in [1.54, 1.807) is 36.4 Å². The minimum absolute atomic E-state index is 0.365. The van der Waals surface area contributed by atoms with Crippen LogP contribution in [-0.2, 0) is 0 Å². The van der Waals surface area contributed by atoms with E-state index in [1.165, 1.54) is 6.07 Å². The Morgan fingerprint density at radius 3 is 2.37 bits per heavy atom. The maximum absolute atomic E-state index is 13.3. The normalized spacial score (nSPS) is 12.2. The van der Waals surface area contributed by atoms with Gasteiger partial charge in [-0.1, -0.05) is 19.1 Å². The van der Waals surface area contributed by atoms with Gasteiger partial charge in [-0.2, -0.15) is 0 Å². The molecule has 0 aliphatic heterocycles. The van der Waals surface area contributed by atoms with E-state index >= 15 is 0 Å². The van der Waals surface area contributed by atoms with Gasteiger partial charge in [0.2, 0.25) is 0 Å². The molecule has 2 rings (SSSR count). The van der Waals surface area contributed by atoms with Crippen LogP contribution in [0.1, 0.15) is 25.0 Å². The highest BCUT2D eigenvalue weighted by atomic mass is 79.9. The van der Waals surface area contributed by atoms with Crippen molar-refractivity contribution in [3.63, 3.8) is 0 Å². The average molecular weight is 325 g/mol. The van der Waals surface area contributed by atoms with Crippen LogP contribution in [0.25, 0.3) is 0 Å². The van der Waals surface area contributed by atoms with Crippen molar-refractivity contribution in [2.75, 3.05) is 0 Å². The first-order valence-electron chi connectivity index (χ1n) is 6.01. The Morgan fingerprint density at radius 2 is 1.79 bits per heavy atom. The van der Waals surface area contributed by atoms with Gasteiger partial charge in [-0.3, -0.25) is 0 Å². The second-order valence-corrected chi connectivity index (χ2v) is 5.03. The van der Waals surface area contributed by atoms with Gasteiger partial charge < -0.3 is 9.84 Å². The van der Waals surface area contributed by atoms with E-state index in [4.69, 9.17) is 4.74 Å². The Bertz CT molecular complexity index is 555. The smallest absolute Gasteiger partial charge is 0.141 e. The van der Waals surface area contributed by atoms with Crippen LogP contribution in [0, 0.1) is 5.82 Å². The molecule has 0 aliphatic carbocycles. The van der Waals surface area contributed by atoms with Crippen molar-refractivity contribution in [1.82, 2.24) is 0 Å². The Hall–Kier alpha value is -1.39. The highest BCUT2D eigenvalue weighted by molar-refractivity contribution is 9.10. The van der Waals surface area contributed by atoms with E-state index in [0.29, 0.717) is 22.4 Å². The lowest BCUT2D eigenvalue weighted by Gasteiger charge is -2.10. The number of hydrogen-bond donors (Lipinski definition) is 1. The molecule has 0 aromatic heterocycles. The summed E-state index contributed by atoms with van der Waals surface area (Å²) in [7, 11) is 0. The third kappa shape index (κ3) is 3.55. The minimum atomic E-state index is -0.459. The SMILES string of the molecule is CC[C@@H](O)c1ccc(Oc2ccc(Br)c(F)c2)cc1. The minimum Gasteiger partial charge on any atom is -0.457 e. The largest absolute Gasteiger partial charge is 0.457 e. The van der Waals surface area contributed by atoms with Gasteiger partial charge in [-0.05, 0) is 52.2 Å². The van der Waals surface area contributed by atoms with Gasteiger partial charge in [0, 0.05) is 6.07 Å². The van der Waals surface area contributed by atoms with Crippen molar-refractivity contribution >= 4 is 15.9 Å². The van der Waals surface area contributed by atoms with Crippen LogP contribution in [0.3, 0.4) is 0 Å². The van der Waals surface area contributed by atoms with Gasteiger partial charge in [0.05, 0.1) is 10.6 Å². The lowest BCUT2D eigenvalue weighted by atomic mass is 10.1. The first kappa shape index (κ1) is 14.0. The molecule has 0 unspecified atom stereocenters. The highest BCUT2D eigenvalue weighted by Gasteiger charge is 2.06. The third-order valence-electron chi connectivity index (χ3n) is 2.78. The van der Waals surface area contributed by atoms with Crippen molar-refractivity contribution < 1.29 is 14.2 Å². The lowest BCUT2D eigenvalue weighted by Crippen LogP contribution is -1.94. The van der Waals surface area contributed by atoms with E-state index < -0.39 is 6.10 Å². The van der Waals surface area contributed by atoms with E-state index in [1.807, 2.05) is 6.92 Å². The van der Waals surface area contributed by atoms with Gasteiger partial charge in [0.1, 0.15) is 17.3 Å². The summed E-state index contributed by atoms with van der Waals surface area (Å²) in [5.74, 6) is 0.675. The number of aliphatic hydroxyl groups is 1. The summed E-state index contributed by atoms with van der Waals surface area (Å²) < 4.78 is 19.3. The maximum atomic E-state index is 13.3. The molecule has 0 heterocycles. The average Bonchev–Trinajstić information content (AvgIpc) is 2.43. The highest BCUT2D eigenvalue weighted by Crippen LogP contribution is 2.27. The van der Waals surface area contributed by atoms with E-state index in [0.717, 1.165) is 5.56 Å². The number of hydrogen-bond acceptors (Lipinski definition) is 2. The van der Waals surface area contributed by atoms with E-state index in [2.05, 4.69) is 15.9 Å². The van der Waals surface area contributed by atoms with Crippen LogP contribution in [-0.4, -0.2) is 5.11 Å². The molecule has 0 fully saturated rings. The maximum Gasteiger partial charge on any atom is 0.141 e. The van der Waals surface area contributed by atoms with Gasteiger partial charge in [0.25, 0.3) is 0 Å². The van der Waals surface area contributed by atoms with Crippen LogP contribution in [0.2, 0.25) is 0 Å². The summed E-state index contributed by atoms with van der Waals surface area (Å²) in [4.78, 5) is 0. The van der Waals surface area contributed by atoms with Crippen LogP contribution >= 0.6 is 15.9 Å². The van der Waals surface area contributed by atoms with Crippen molar-refractivity contribution in [1.29, 1.82) is 0 Å². The fourth-order valence-electron chi connectivity index (χ4n) is 1.67. The molecule has 0 amide bonds. The van der Waals surface area contributed by atoms with Crippen LogP contribution in [0.4, 0.5) is 4.39 Å². The van der Waals surface area contributed by atoms with Gasteiger partial charge in [-0.15, -0.1) is 0 Å². The molecule has 19 heavy (non-hydrogen) atoms. The molecule has 100 valence electrons. The second-order valence-electron chi connectivity index (χ2n) is 4.17. The molecular formula is C15H14BrFO2. The monoisotopic (exact) mass is 324 g/mol. The summed E-state index contributed by atoms with van der Waals surface area (Å²) in [5.41, 5.74) is 0.844. The second kappa shape index (κ2) is 6.17. The molecule has 0 saturated heterocycles. The van der Waals surface area contributed by atoms with Crippen LogP contribution < -0.4 is 4.74 Å². The fourth-order valence-corrected chi connectivity index (χ4v) is 1.92. The molecule has 0 aliphatic rings. The Balaban J connectivity index is 2.12. The zero-order valence-corrected chi connectivity index (χ0v) is 12.0. The summed E-state index contributed by atoms with van der Waals surface area (Å²) in [5, 5.41) is 9.68. The van der Waals surface area contributed by atoms with Crippen LogP contribution in [0.15, 0.2) is 46.9 Å². The van der Waals surface area contributed by atoms with E-state index in [-0.39, 0.29) is 5.82 Å². The predicted molar refractivity (Wildman–Crippen MR) is 75.9 cm³/mol. The molecule has 1 atom stereocenters. The van der Waals surface area contributed by atoms with Crippen molar-refractivity contribution in [2.24, 2.45) is 0 Å². The summed E-state index contributed by atoms with van der Waals surface area (Å²) in [6.45, 7) is 1.92. The van der Waals surface area contributed by atoms with Crippen molar-refractivity contribution in [2.45, 2.75) is 19.4 Å². The molecule has 1 N–H and O–H groups in total. The van der Waals surface area contributed by atoms with Crippen LogP contribution in [0.5, 0.6) is 11.5 Å². The molecule has 0 radical (unpaired) electrons. The molecule has 0 spiro atoms. The number of halogens is 2. The standard InChI is InChI=1S/C15H14BrFO2/c1-2-15(18)10-3-5-11(6-4-10)19-12-7-8-13(16)14(17)9-12/h3-9,15,18H,2H2,1H3/t15-/m1/s1. The zero-order chi connectivity index (χ0) is 13.8.